The Morgan fingerprint density at radius 2 is 1.78 bits per heavy atom. The van der Waals surface area contributed by atoms with Gasteiger partial charge in [0.05, 0.1) is 13.5 Å². The van der Waals surface area contributed by atoms with Gasteiger partial charge in [0.25, 0.3) is 0 Å². The Bertz CT molecular complexity index is 1760. The fourth-order valence-electron chi connectivity index (χ4n) is 6.14. The van der Waals surface area contributed by atoms with Gasteiger partial charge in [0, 0.05) is 54.7 Å². The number of carbonyl (C=O) groups is 2. The van der Waals surface area contributed by atoms with E-state index in [9.17, 15) is 9.59 Å². The minimum Gasteiger partial charge on any atom is -0.494 e. The van der Waals surface area contributed by atoms with Crippen LogP contribution in [0.3, 0.4) is 0 Å². The number of aromatic amines is 1. The number of aromatic nitrogens is 5. The van der Waals surface area contributed by atoms with Crippen molar-refractivity contribution in [1.29, 1.82) is 0 Å². The lowest BCUT2D eigenvalue weighted by Gasteiger charge is -2.34. The average Bonchev–Trinajstić information content (AvgIpc) is 3.75. The number of rotatable bonds is 10. The third kappa shape index (κ3) is 6.38. The van der Waals surface area contributed by atoms with Crippen molar-refractivity contribution in [2.75, 3.05) is 31.0 Å². The molecule has 1 atom stereocenters. The third-order valence-electron chi connectivity index (χ3n) is 8.51. The minimum atomic E-state index is -0.926. The summed E-state index contributed by atoms with van der Waals surface area (Å²) in [5.74, 6) is 0.0202. The summed E-state index contributed by atoms with van der Waals surface area (Å²) >= 11 is 0. The largest absolute Gasteiger partial charge is 0.494 e. The fraction of sp³-hybridized carbons (Fsp3) is 0.324. The Labute approximate surface area is 262 Å². The summed E-state index contributed by atoms with van der Waals surface area (Å²) in [6.07, 6.45) is 8.60. The van der Waals surface area contributed by atoms with Gasteiger partial charge >= 0.3 is 0 Å². The molecule has 3 aromatic carbocycles. The zero-order valence-corrected chi connectivity index (χ0v) is 25.8. The Morgan fingerprint density at radius 3 is 2.49 bits per heavy atom. The number of benzene rings is 3. The van der Waals surface area contributed by atoms with Crippen molar-refractivity contribution < 1.29 is 14.3 Å². The van der Waals surface area contributed by atoms with Gasteiger partial charge in [-0.05, 0) is 64.7 Å². The van der Waals surface area contributed by atoms with Gasteiger partial charge < -0.3 is 19.9 Å². The van der Waals surface area contributed by atoms with Crippen molar-refractivity contribution in [2.24, 2.45) is 0 Å². The molecule has 45 heavy (non-hydrogen) atoms. The van der Waals surface area contributed by atoms with E-state index in [4.69, 9.17) is 4.74 Å². The molecular weight excluding hydrogens is 568 g/mol. The lowest BCUT2D eigenvalue weighted by atomic mass is 9.94. The van der Waals surface area contributed by atoms with E-state index in [0.29, 0.717) is 22.7 Å². The molecule has 0 aliphatic heterocycles. The van der Waals surface area contributed by atoms with Gasteiger partial charge in [0.1, 0.15) is 23.8 Å². The summed E-state index contributed by atoms with van der Waals surface area (Å²) in [4.78, 5) is 35.9. The predicted molar refractivity (Wildman–Crippen MR) is 174 cm³/mol. The number of hydrogen-bond donors (Lipinski definition) is 2. The minimum absolute atomic E-state index is 0.0668. The van der Waals surface area contributed by atoms with Gasteiger partial charge in [-0.25, -0.2) is 0 Å². The van der Waals surface area contributed by atoms with E-state index in [0.717, 1.165) is 47.8 Å². The van der Waals surface area contributed by atoms with Crippen LogP contribution in [0.4, 0.5) is 11.4 Å². The maximum atomic E-state index is 14.6. The first-order chi connectivity index (χ1) is 21.9. The molecule has 1 aliphatic rings. The Hall–Kier alpha value is -5.19. The number of H-pyrrole nitrogens is 1. The van der Waals surface area contributed by atoms with Crippen LogP contribution in [0, 0.1) is 0 Å². The lowest BCUT2D eigenvalue weighted by Crippen LogP contribution is -2.47. The normalized spacial score (nSPS) is 14.2. The second-order valence-electron chi connectivity index (χ2n) is 11.6. The number of anilines is 2. The molecule has 0 unspecified atom stereocenters. The van der Waals surface area contributed by atoms with Crippen LogP contribution in [0.25, 0.3) is 16.6 Å². The molecule has 0 radical (unpaired) electrons. The van der Waals surface area contributed by atoms with Crippen molar-refractivity contribution in [3.8, 4) is 11.4 Å². The van der Waals surface area contributed by atoms with Gasteiger partial charge in [-0.1, -0.05) is 49.6 Å². The highest BCUT2D eigenvalue weighted by Gasteiger charge is 2.35. The number of methoxy groups -OCH3 is 1. The summed E-state index contributed by atoms with van der Waals surface area (Å²) in [6, 6.07) is 20.2. The number of tetrazole rings is 1. The number of hydrogen-bond acceptors (Lipinski definition) is 7. The SMILES string of the molecule is COc1cc(N(C(=O)Cc2c[nH]c3ccccc23)[C@H](C(=O)NC2CCCCC2)c2ccc(N(C)C)cc2)ccc1-n1cnnn1. The molecule has 2 amide bonds. The molecule has 11 heteroatoms. The van der Waals surface area contributed by atoms with Gasteiger partial charge in [-0.3, -0.25) is 14.5 Å². The van der Waals surface area contributed by atoms with Crippen LogP contribution in [0.2, 0.25) is 0 Å². The number of nitrogens with one attached hydrogen (secondary N) is 2. The molecule has 232 valence electrons. The van der Waals surface area contributed by atoms with Crippen LogP contribution in [0.15, 0.2) is 79.3 Å². The molecule has 0 spiro atoms. The lowest BCUT2D eigenvalue weighted by molar-refractivity contribution is -0.127. The first-order valence-corrected chi connectivity index (χ1v) is 15.3. The average molecular weight is 607 g/mol. The molecule has 6 rings (SSSR count). The first-order valence-electron chi connectivity index (χ1n) is 15.3. The second kappa shape index (κ2) is 13.2. The Balaban J connectivity index is 1.46. The number of ether oxygens (including phenoxy) is 1. The molecule has 5 aromatic rings. The van der Waals surface area contributed by atoms with E-state index in [-0.39, 0.29) is 24.3 Å². The zero-order chi connectivity index (χ0) is 31.3. The van der Waals surface area contributed by atoms with Crippen molar-refractivity contribution in [3.05, 3.63) is 90.4 Å². The van der Waals surface area contributed by atoms with Gasteiger partial charge in [-0.15, -0.1) is 5.10 Å². The van der Waals surface area contributed by atoms with Crippen LogP contribution in [0.5, 0.6) is 5.75 Å². The molecule has 0 bridgehead atoms. The molecule has 1 aliphatic carbocycles. The second-order valence-corrected chi connectivity index (χ2v) is 11.6. The van der Waals surface area contributed by atoms with E-state index in [1.807, 2.05) is 79.8 Å². The Morgan fingerprint density at radius 1 is 1.02 bits per heavy atom. The quantitative estimate of drug-likeness (QED) is 0.230. The Kier molecular flexibility index (Phi) is 8.77. The number of nitrogens with zero attached hydrogens (tertiary/aromatic N) is 6. The van der Waals surface area contributed by atoms with Crippen molar-refractivity contribution >= 4 is 34.1 Å². The van der Waals surface area contributed by atoms with Crippen LogP contribution in [-0.4, -0.2) is 64.3 Å². The van der Waals surface area contributed by atoms with E-state index >= 15 is 0 Å². The molecule has 1 saturated carbocycles. The summed E-state index contributed by atoms with van der Waals surface area (Å²) in [5.41, 5.74) is 4.64. The standard InChI is InChI=1S/C34H38N8O3/c1-40(2)26-15-13-23(14-16-26)33(34(44)37-25-9-5-4-6-10-25)42(32(43)19-24-21-35-29-12-8-7-11-28(24)29)27-17-18-30(31(20-27)45-3)41-22-36-38-39-41/h7-8,11-18,20-22,25,33,35H,4-6,9-10,19H2,1-3H3,(H,37,44)/t33-/m0/s1. The van der Waals surface area contributed by atoms with E-state index < -0.39 is 6.04 Å². The number of para-hydroxylation sites is 1. The molecule has 11 nitrogen and oxygen atoms in total. The zero-order valence-electron chi connectivity index (χ0n) is 25.8. The summed E-state index contributed by atoms with van der Waals surface area (Å²) in [5, 5.41) is 15.8. The number of amides is 2. The number of fused-ring (bicyclic) bond motifs is 1. The maximum Gasteiger partial charge on any atom is 0.248 e. The topological polar surface area (TPSA) is 121 Å². The summed E-state index contributed by atoms with van der Waals surface area (Å²) in [7, 11) is 5.49. The van der Waals surface area contributed by atoms with Crippen LogP contribution >= 0.6 is 0 Å². The fourth-order valence-corrected chi connectivity index (χ4v) is 6.14. The van der Waals surface area contributed by atoms with Gasteiger partial charge in [0.15, 0.2) is 0 Å². The van der Waals surface area contributed by atoms with Gasteiger partial charge in [0.2, 0.25) is 11.8 Å². The highest BCUT2D eigenvalue weighted by molar-refractivity contribution is 6.03. The summed E-state index contributed by atoms with van der Waals surface area (Å²) in [6.45, 7) is 0. The molecular formula is C34H38N8O3. The molecule has 2 heterocycles. The molecule has 0 saturated heterocycles. The highest BCUT2D eigenvalue weighted by atomic mass is 16.5. The number of carbonyl (C=O) groups excluding carboxylic acids is 2. The van der Waals surface area contributed by atoms with Crippen LogP contribution in [-0.2, 0) is 16.0 Å². The van der Waals surface area contributed by atoms with Crippen molar-refractivity contribution in [3.63, 3.8) is 0 Å². The van der Waals surface area contributed by atoms with Gasteiger partial charge in [-0.2, -0.15) is 4.68 Å². The maximum absolute atomic E-state index is 14.6. The van der Waals surface area contributed by atoms with Crippen molar-refractivity contribution in [2.45, 2.75) is 50.6 Å². The molecule has 1 fully saturated rings. The first kappa shape index (κ1) is 29.9. The monoisotopic (exact) mass is 606 g/mol. The summed E-state index contributed by atoms with van der Waals surface area (Å²) < 4.78 is 7.24. The van der Waals surface area contributed by atoms with Crippen LogP contribution < -0.4 is 19.9 Å². The van der Waals surface area contributed by atoms with E-state index in [2.05, 4.69) is 25.8 Å². The van der Waals surface area contributed by atoms with E-state index in [1.54, 1.807) is 24.1 Å². The van der Waals surface area contributed by atoms with Crippen molar-refractivity contribution in [1.82, 2.24) is 30.5 Å². The highest BCUT2D eigenvalue weighted by Crippen LogP contribution is 2.35. The van der Waals surface area contributed by atoms with Crippen LogP contribution in [0.1, 0.15) is 49.3 Å². The predicted octanol–water partition coefficient (Wildman–Crippen LogP) is 4.98. The molecule has 2 aromatic heterocycles. The smallest absolute Gasteiger partial charge is 0.248 e. The van der Waals surface area contributed by atoms with E-state index in [1.165, 1.54) is 17.4 Å². The molecule has 2 N–H and O–H groups in total. The third-order valence-corrected chi connectivity index (χ3v) is 8.51.